The quantitative estimate of drug-likeness (QED) is 0.510. The lowest BCUT2D eigenvalue weighted by molar-refractivity contribution is -0.110. The lowest BCUT2D eigenvalue weighted by atomic mass is 10.0. The molecular weight excluding hydrogens is 415 g/mol. The van der Waals surface area contributed by atoms with E-state index in [1.165, 1.54) is 18.2 Å². The van der Waals surface area contributed by atoms with E-state index >= 15 is 0 Å². The van der Waals surface area contributed by atoms with Gasteiger partial charge in [0.05, 0.1) is 30.5 Å². The zero-order chi connectivity index (χ0) is 22.8. The zero-order valence-corrected chi connectivity index (χ0v) is 18.1. The highest BCUT2D eigenvalue weighted by Gasteiger charge is 2.26. The summed E-state index contributed by atoms with van der Waals surface area (Å²) in [6, 6.07) is 4.13. The van der Waals surface area contributed by atoms with Crippen LogP contribution in [0, 0.1) is 19.7 Å². The van der Waals surface area contributed by atoms with Crippen LogP contribution in [0.2, 0.25) is 0 Å². The molecule has 1 aromatic heterocycles. The van der Waals surface area contributed by atoms with Gasteiger partial charge in [-0.25, -0.2) is 4.39 Å². The molecule has 4 rings (SSSR count). The third-order valence-corrected chi connectivity index (χ3v) is 5.83. The van der Waals surface area contributed by atoms with Crippen LogP contribution in [0.4, 0.5) is 10.1 Å². The van der Waals surface area contributed by atoms with E-state index in [2.05, 4.69) is 20.5 Å². The second kappa shape index (κ2) is 9.23. The topological polar surface area (TPSA) is 107 Å². The van der Waals surface area contributed by atoms with Gasteiger partial charge in [-0.3, -0.25) is 14.5 Å². The standard InChI is InChI=1S/C23H27FN4O4/c1-13-20(10-18-17-9-15(24)3-4-19(17)27-22(18)30)26-14(2)21(13)23(31)25-11-16(29)12-28-5-7-32-8-6-28/h3-4,9-10,16,26,29H,5-8,11-12H2,1-2H3,(H,25,31)(H,27,30)/b18-10+/t16-/m0/s1. The highest BCUT2D eigenvalue weighted by molar-refractivity contribution is 6.34. The molecular formula is C23H27FN4O4. The molecule has 2 aliphatic rings. The Balaban J connectivity index is 1.47. The number of aromatic nitrogens is 1. The Labute approximate surface area is 185 Å². The fourth-order valence-electron chi connectivity index (χ4n) is 4.15. The molecule has 1 fully saturated rings. The Hall–Kier alpha value is -3.01. The summed E-state index contributed by atoms with van der Waals surface area (Å²) in [4.78, 5) is 30.5. The van der Waals surface area contributed by atoms with Crippen molar-refractivity contribution in [1.29, 1.82) is 0 Å². The number of aliphatic hydroxyl groups is 1. The van der Waals surface area contributed by atoms with Crippen LogP contribution in [0.25, 0.3) is 11.6 Å². The highest BCUT2D eigenvalue weighted by Crippen LogP contribution is 2.34. The van der Waals surface area contributed by atoms with Gasteiger partial charge < -0.3 is 25.5 Å². The Morgan fingerprint density at radius 1 is 1.34 bits per heavy atom. The Kier molecular flexibility index (Phi) is 6.40. The highest BCUT2D eigenvalue weighted by atomic mass is 19.1. The van der Waals surface area contributed by atoms with Gasteiger partial charge in [-0.05, 0) is 43.7 Å². The molecule has 32 heavy (non-hydrogen) atoms. The van der Waals surface area contributed by atoms with Crippen LogP contribution < -0.4 is 10.6 Å². The molecule has 0 spiro atoms. The maximum atomic E-state index is 13.7. The van der Waals surface area contributed by atoms with Gasteiger partial charge in [-0.15, -0.1) is 0 Å². The summed E-state index contributed by atoms with van der Waals surface area (Å²) < 4.78 is 19.0. The number of carbonyl (C=O) groups is 2. The largest absolute Gasteiger partial charge is 0.390 e. The third-order valence-electron chi connectivity index (χ3n) is 5.83. The number of H-pyrrole nitrogens is 1. The molecule has 2 aliphatic heterocycles. The van der Waals surface area contributed by atoms with Crippen molar-refractivity contribution in [3.63, 3.8) is 0 Å². The van der Waals surface area contributed by atoms with Gasteiger partial charge in [0.1, 0.15) is 5.82 Å². The van der Waals surface area contributed by atoms with Gasteiger partial charge >= 0.3 is 0 Å². The summed E-state index contributed by atoms with van der Waals surface area (Å²) in [6.07, 6.45) is 0.944. The Bertz CT molecular complexity index is 1070. The molecule has 3 heterocycles. The van der Waals surface area contributed by atoms with Crippen molar-refractivity contribution in [2.45, 2.75) is 20.0 Å². The number of benzene rings is 1. The monoisotopic (exact) mass is 442 g/mol. The van der Waals surface area contributed by atoms with Crippen molar-refractivity contribution in [1.82, 2.24) is 15.2 Å². The fourth-order valence-corrected chi connectivity index (χ4v) is 4.15. The van der Waals surface area contributed by atoms with Crippen LogP contribution in [0.15, 0.2) is 18.2 Å². The van der Waals surface area contributed by atoms with Gasteiger partial charge in [0.2, 0.25) is 0 Å². The molecule has 0 radical (unpaired) electrons. The average molecular weight is 442 g/mol. The predicted molar refractivity (Wildman–Crippen MR) is 119 cm³/mol. The molecule has 170 valence electrons. The molecule has 1 atom stereocenters. The summed E-state index contributed by atoms with van der Waals surface area (Å²) in [5.74, 6) is -1.06. The van der Waals surface area contributed by atoms with Crippen molar-refractivity contribution < 1.29 is 23.8 Å². The first-order valence-electron chi connectivity index (χ1n) is 10.6. The molecule has 4 N–H and O–H groups in total. The fraction of sp³-hybridized carbons (Fsp3) is 0.391. The SMILES string of the molecule is Cc1[nH]c(/C=C2/C(=O)Nc3ccc(F)cc32)c(C)c1C(=O)NC[C@H](O)CN1CCOCC1. The minimum atomic E-state index is -0.688. The van der Waals surface area contributed by atoms with Gasteiger partial charge in [0.25, 0.3) is 11.8 Å². The minimum absolute atomic E-state index is 0.131. The summed E-state index contributed by atoms with van der Waals surface area (Å²) in [5.41, 5.74) is 3.75. The molecule has 9 heteroatoms. The number of nitrogens with zero attached hydrogens (tertiary/aromatic N) is 1. The van der Waals surface area contributed by atoms with Crippen molar-refractivity contribution in [3.05, 3.63) is 52.1 Å². The summed E-state index contributed by atoms with van der Waals surface area (Å²) in [7, 11) is 0. The number of aromatic amines is 1. The molecule has 0 bridgehead atoms. The molecule has 1 saturated heterocycles. The number of rotatable bonds is 6. The van der Waals surface area contributed by atoms with Gasteiger partial charge in [0, 0.05) is 48.8 Å². The van der Waals surface area contributed by atoms with E-state index in [-0.39, 0.29) is 18.4 Å². The molecule has 0 unspecified atom stereocenters. The number of carbonyl (C=O) groups excluding carboxylic acids is 2. The number of fused-ring (bicyclic) bond motifs is 1. The molecule has 2 amide bonds. The van der Waals surface area contributed by atoms with Gasteiger partial charge in [-0.1, -0.05) is 0 Å². The number of hydrogen-bond donors (Lipinski definition) is 4. The maximum absolute atomic E-state index is 13.7. The second-order valence-corrected chi connectivity index (χ2v) is 8.14. The Morgan fingerprint density at radius 3 is 2.84 bits per heavy atom. The van der Waals surface area contributed by atoms with E-state index in [0.717, 1.165) is 13.1 Å². The molecule has 1 aromatic carbocycles. The van der Waals surface area contributed by atoms with Crippen molar-refractivity contribution in [3.8, 4) is 0 Å². The van der Waals surface area contributed by atoms with E-state index in [1.807, 2.05) is 0 Å². The number of morpholine rings is 1. The van der Waals surface area contributed by atoms with Crippen LogP contribution in [-0.2, 0) is 9.53 Å². The third kappa shape index (κ3) is 4.59. The second-order valence-electron chi connectivity index (χ2n) is 8.14. The molecule has 8 nitrogen and oxygen atoms in total. The number of anilines is 1. The van der Waals surface area contributed by atoms with E-state index in [9.17, 15) is 19.1 Å². The maximum Gasteiger partial charge on any atom is 0.256 e. The number of β-amino-alcohol motifs (C(OH)–C–C–N with tert-alkyl or cyclic N) is 1. The van der Waals surface area contributed by atoms with E-state index < -0.39 is 11.9 Å². The van der Waals surface area contributed by atoms with E-state index in [4.69, 9.17) is 4.74 Å². The average Bonchev–Trinajstić information content (AvgIpc) is 3.22. The zero-order valence-electron chi connectivity index (χ0n) is 18.1. The lowest BCUT2D eigenvalue weighted by Gasteiger charge is -2.28. The number of aliphatic hydroxyl groups excluding tert-OH is 1. The van der Waals surface area contributed by atoms with Crippen LogP contribution in [0.5, 0.6) is 0 Å². The minimum Gasteiger partial charge on any atom is -0.390 e. The van der Waals surface area contributed by atoms with Crippen LogP contribution in [-0.4, -0.2) is 72.3 Å². The van der Waals surface area contributed by atoms with Gasteiger partial charge in [-0.2, -0.15) is 0 Å². The lowest BCUT2D eigenvalue weighted by Crippen LogP contribution is -2.44. The Morgan fingerprint density at radius 2 is 2.09 bits per heavy atom. The van der Waals surface area contributed by atoms with Crippen molar-refractivity contribution >= 4 is 29.2 Å². The summed E-state index contributed by atoms with van der Waals surface area (Å²) in [6.45, 7) is 6.98. The number of aryl methyl sites for hydroxylation is 1. The van der Waals surface area contributed by atoms with Crippen molar-refractivity contribution in [2.24, 2.45) is 0 Å². The number of halogens is 1. The summed E-state index contributed by atoms with van der Waals surface area (Å²) in [5, 5.41) is 15.8. The van der Waals surface area contributed by atoms with Gasteiger partial charge in [0.15, 0.2) is 0 Å². The summed E-state index contributed by atoms with van der Waals surface area (Å²) >= 11 is 0. The van der Waals surface area contributed by atoms with E-state index in [0.29, 0.717) is 59.1 Å². The molecule has 0 saturated carbocycles. The number of ether oxygens (including phenoxy) is 1. The molecule has 0 aliphatic carbocycles. The number of nitrogens with one attached hydrogen (secondary N) is 3. The van der Waals surface area contributed by atoms with E-state index in [1.54, 1.807) is 19.9 Å². The normalized spacial score (nSPS) is 18.5. The van der Waals surface area contributed by atoms with Crippen LogP contribution in [0.1, 0.15) is 32.9 Å². The first-order chi connectivity index (χ1) is 15.3. The first kappa shape index (κ1) is 22.2. The number of hydrogen-bond acceptors (Lipinski definition) is 5. The smallest absolute Gasteiger partial charge is 0.256 e. The predicted octanol–water partition coefficient (Wildman–Crippen LogP) is 1.69. The first-order valence-corrected chi connectivity index (χ1v) is 10.6. The molecule has 2 aromatic rings. The van der Waals surface area contributed by atoms with Crippen LogP contribution >= 0.6 is 0 Å². The van der Waals surface area contributed by atoms with Crippen LogP contribution in [0.3, 0.4) is 0 Å². The van der Waals surface area contributed by atoms with Crippen molar-refractivity contribution in [2.75, 3.05) is 44.7 Å². The number of amides is 2.